The summed E-state index contributed by atoms with van der Waals surface area (Å²) in [6.07, 6.45) is 0. The standard InChI is InChI=1S/C29H26N4O2S/c1-19-10-9-15-23(16-19)32-25(34)18-36-29-24(17-30)27(21-11-5-3-6-12-21)26(20(2)31-29)28(35)33-22-13-7-4-8-14-22/h3-16,27,31H,18H2,1-2H3,(H,32,34)(H,33,35)/t27-/m0/s1. The molecule has 0 bridgehead atoms. The summed E-state index contributed by atoms with van der Waals surface area (Å²) in [6, 6.07) is 28.6. The number of dihydropyridines is 1. The maximum Gasteiger partial charge on any atom is 0.254 e. The van der Waals surface area contributed by atoms with E-state index in [0.717, 1.165) is 16.8 Å². The van der Waals surface area contributed by atoms with E-state index in [1.54, 1.807) is 0 Å². The second-order valence-electron chi connectivity index (χ2n) is 8.39. The van der Waals surface area contributed by atoms with E-state index in [1.165, 1.54) is 11.8 Å². The normalized spacial score (nSPS) is 15.1. The van der Waals surface area contributed by atoms with Crippen LogP contribution in [0.5, 0.6) is 0 Å². The first-order valence-corrected chi connectivity index (χ1v) is 12.5. The van der Waals surface area contributed by atoms with Crippen molar-refractivity contribution < 1.29 is 9.59 Å². The van der Waals surface area contributed by atoms with E-state index in [0.29, 0.717) is 27.6 Å². The number of allylic oxidation sites excluding steroid dienone is 2. The van der Waals surface area contributed by atoms with Gasteiger partial charge in [0.25, 0.3) is 5.91 Å². The predicted octanol–water partition coefficient (Wildman–Crippen LogP) is 5.70. The third-order valence-corrected chi connectivity index (χ3v) is 6.72. The van der Waals surface area contributed by atoms with E-state index < -0.39 is 5.92 Å². The molecule has 36 heavy (non-hydrogen) atoms. The third kappa shape index (κ3) is 5.85. The molecule has 3 N–H and O–H groups in total. The molecule has 4 rings (SSSR count). The predicted molar refractivity (Wildman–Crippen MR) is 145 cm³/mol. The Hall–Kier alpha value is -4.28. The first-order valence-electron chi connectivity index (χ1n) is 11.5. The summed E-state index contributed by atoms with van der Waals surface area (Å²) in [6.45, 7) is 3.78. The average molecular weight is 495 g/mol. The number of carbonyl (C=O) groups excluding carboxylic acids is 2. The molecule has 0 spiro atoms. The molecule has 1 aliphatic rings. The molecule has 0 fully saturated rings. The lowest BCUT2D eigenvalue weighted by atomic mass is 9.82. The van der Waals surface area contributed by atoms with Crippen molar-refractivity contribution in [3.8, 4) is 6.07 Å². The number of hydrogen-bond acceptors (Lipinski definition) is 5. The first kappa shape index (κ1) is 24.8. The zero-order chi connectivity index (χ0) is 25.5. The minimum Gasteiger partial charge on any atom is -0.353 e. The lowest BCUT2D eigenvalue weighted by Crippen LogP contribution is -2.31. The van der Waals surface area contributed by atoms with Crippen LogP contribution in [0.2, 0.25) is 0 Å². The molecule has 1 atom stereocenters. The molecule has 3 aromatic carbocycles. The molecule has 0 saturated carbocycles. The quantitative estimate of drug-likeness (QED) is 0.392. The van der Waals surface area contributed by atoms with E-state index in [2.05, 4.69) is 22.0 Å². The Morgan fingerprint density at radius 3 is 2.25 bits per heavy atom. The van der Waals surface area contributed by atoms with E-state index in [1.807, 2.05) is 98.8 Å². The summed E-state index contributed by atoms with van der Waals surface area (Å²) in [4.78, 5) is 26.0. The van der Waals surface area contributed by atoms with Gasteiger partial charge >= 0.3 is 0 Å². The molecule has 0 aliphatic carbocycles. The molecule has 6 nitrogen and oxygen atoms in total. The van der Waals surface area contributed by atoms with Gasteiger partial charge in [0.1, 0.15) is 0 Å². The van der Waals surface area contributed by atoms with Gasteiger partial charge in [0.05, 0.1) is 28.3 Å². The lowest BCUT2D eigenvalue weighted by molar-refractivity contribution is -0.114. The first-order chi connectivity index (χ1) is 17.5. The topological polar surface area (TPSA) is 94.0 Å². The molecular weight excluding hydrogens is 468 g/mol. The molecule has 2 amide bonds. The number of benzene rings is 3. The van der Waals surface area contributed by atoms with Gasteiger partial charge < -0.3 is 16.0 Å². The van der Waals surface area contributed by atoms with Crippen LogP contribution in [0.15, 0.2) is 107 Å². The Morgan fingerprint density at radius 1 is 0.917 bits per heavy atom. The second kappa shape index (κ2) is 11.4. The van der Waals surface area contributed by atoms with Crippen LogP contribution in [0.3, 0.4) is 0 Å². The molecule has 1 heterocycles. The number of aryl methyl sites for hydroxylation is 1. The van der Waals surface area contributed by atoms with E-state index >= 15 is 0 Å². The number of rotatable bonds is 7. The summed E-state index contributed by atoms with van der Waals surface area (Å²) in [5.41, 5.74) is 4.79. The zero-order valence-electron chi connectivity index (χ0n) is 20.0. The molecule has 0 unspecified atom stereocenters. The van der Waals surface area contributed by atoms with E-state index in [-0.39, 0.29) is 17.6 Å². The fourth-order valence-corrected chi connectivity index (χ4v) is 4.98. The Labute approximate surface area is 215 Å². The van der Waals surface area contributed by atoms with Crippen LogP contribution < -0.4 is 16.0 Å². The van der Waals surface area contributed by atoms with Crippen LogP contribution in [0.4, 0.5) is 11.4 Å². The maximum absolute atomic E-state index is 13.4. The molecule has 1 aliphatic heterocycles. The largest absolute Gasteiger partial charge is 0.353 e. The van der Waals surface area contributed by atoms with Crippen molar-refractivity contribution >= 4 is 35.0 Å². The second-order valence-corrected chi connectivity index (χ2v) is 9.37. The molecule has 0 aromatic heterocycles. The Kier molecular flexibility index (Phi) is 7.89. The number of nitrogens with one attached hydrogen (secondary N) is 3. The van der Waals surface area contributed by atoms with Gasteiger partial charge in [-0.05, 0) is 49.2 Å². The van der Waals surface area contributed by atoms with Crippen molar-refractivity contribution in [1.82, 2.24) is 5.32 Å². The SMILES string of the molecule is CC1=C(C(=O)Nc2ccccc2)[C@@H](c2ccccc2)C(C#N)=C(SCC(=O)Nc2cccc(C)c2)N1. The van der Waals surface area contributed by atoms with Crippen molar-refractivity contribution in [2.75, 3.05) is 16.4 Å². The van der Waals surface area contributed by atoms with Crippen LogP contribution in [0.25, 0.3) is 0 Å². The summed E-state index contributed by atoms with van der Waals surface area (Å²) < 4.78 is 0. The van der Waals surface area contributed by atoms with E-state index in [9.17, 15) is 14.9 Å². The summed E-state index contributed by atoms with van der Waals surface area (Å²) >= 11 is 1.25. The highest BCUT2D eigenvalue weighted by Crippen LogP contribution is 2.40. The Morgan fingerprint density at radius 2 is 1.58 bits per heavy atom. The van der Waals surface area contributed by atoms with Crippen molar-refractivity contribution in [1.29, 1.82) is 5.26 Å². The summed E-state index contributed by atoms with van der Waals surface area (Å²) in [5, 5.41) is 19.8. The highest BCUT2D eigenvalue weighted by Gasteiger charge is 2.34. The van der Waals surface area contributed by atoms with Gasteiger partial charge in [-0.2, -0.15) is 5.26 Å². The molecule has 0 radical (unpaired) electrons. The molecule has 3 aromatic rings. The zero-order valence-corrected chi connectivity index (χ0v) is 20.9. The number of anilines is 2. The lowest BCUT2D eigenvalue weighted by Gasteiger charge is -2.29. The number of amides is 2. The minimum absolute atomic E-state index is 0.113. The third-order valence-electron chi connectivity index (χ3n) is 5.71. The Balaban J connectivity index is 1.60. The molecule has 180 valence electrons. The van der Waals surface area contributed by atoms with Gasteiger partial charge in [0.15, 0.2) is 0 Å². The molecule has 7 heteroatoms. The fourth-order valence-electron chi connectivity index (χ4n) is 4.08. The van der Waals surface area contributed by atoms with Gasteiger partial charge in [0.2, 0.25) is 5.91 Å². The van der Waals surface area contributed by atoms with Crippen LogP contribution in [0, 0.1) is 18.3 Å². The van der Waals surface area contributed by atoms with E-state index in [4.69, 9.17) is 0 Å². The van der Waals surface area contributed by atoms with Crippen molar-refractivity contribution in [3.05, 3.63) is 118 Å². The van der Waals surface area contributed by atoms with Crippen LogP contribution >= 0.6 is 11.8 Å². The highest BCUT2D eigenvalue weighted by molar-refractivity contribution is 8.03. The van der Waals surface area contributed by atoms with Gasteiger partial charge in [-0.1, -0.05) is 72.4 Å². The average Bonchev–Trinajstić information content (AvgIpc) is 2.88. The Bertz CT molecular complexity index is 1380. The minimum atomic E-state index is -0.566. The summed E-state index contributed by atoms with van der Waals surface area (Å²) in [5.74, 6) is -0.915. The van der Waals surface area contributed by atoms with Crippen LogP contribution in [0.1, 0.15) is 24.0 Å². The van der Waals surface area contributed by atoms with Crippen molar-refractivity contribution in [2.24, 2.45) is 0 Å². The smallest absolute Gasteiger partial charge is 0.254 e. The van der Waals surface area contributed by atoms with Crippen LogP contribution in [-0.2, 0) is 9.59 Å². The van der Waals surface area contributed by atoms with Gasteiger partial charge in [-0.25, -0.2) is 0 Å². The molecule has 0 saturated heterocycles. The number of thioether (sulfide) groups is 1. The van der Waals surface area contributed by atoms with Gasteiger partial charge in [0, 0.05) is 22.6 Å². The van der Waals surface area contributed by atoms with Crippen molar-refractivity contribution in [2.45, 2.75) is 19.8 Å². The van der Waals surface area contributed by atoms with Gasteiger partial charge in [-0.15, -0.1) is 0 Å². The highest BCUT2D eigenvalue weighted by atomic mass is 32.2. The van der Waals surface area contributed by atoms with Crippen molar-refractivity contribution in [3.63, 3.8) is 0 Å². The summed E-state index contributed by atoms with van der Waals surface area (Å²) in [7, 11) is 0. The number of nitrogens with zero attached hydrogens (tertiary/aromatic N) is 1. The van der Waals surface area contributed by atoms with Gasteiger partial charge in [-0.3, -0.25) is 9.59 Å². The number of nitriles is 1. The molecular formula is C29H26N4O2S. The monoisotopic (exact) mass is 494 g/mol. The maximum atomic E-state index is 13.4. The number of carbonyl (C=O) groups is 2. The number of para-hydroxylation sites is 1. The number of hydrogen-bond donors (Lipinski definition) is 3. The van der Waals surface area contributed by atoms with Crippen LogP contribution in [-0.4, -0.2) is 17.6 Å². The fraction of sp³-hybridized carbons (Fsp3) is 0.138.